The van der Waals surface area contributed by atoms with Crippen LogP contribution in [0.5, 0.6) is 0 Å². The van der Waals surface area contributed by atoms with Gasteiger partial charge in [0.25, 0.3) is 0 Å². The lowest BCUT2D eigenvalue weighted by molar-refractivity contribution is 0.598. The third-order valence-electron chi connectivity index (χ3n) is 4.11. The van der Waals surface area contributed by atoms with Crippen molar-refractivity contribution < 1.29 is 8.42 Å². The normalized spacial score (nSPS) is 11.2. The number of sulfonamides is 1. The maximum atomic E-state index is 11.3. The van der Waals surface area contributed by atoms with Gasteiger partial charge in [-0.3, -0.25) is 0 Å². The van der Waals surface area contributed by atoms with E-state index in [1.807, 2.05) is 26.0 Å². The molecule has 0 atom stereocenters. The number of nitrogens with two attached hydrogens (primary N) is 1. The monoisotopic (exact) mass is 397 g/mol. The number of aromatic nitrogens is 2. The molecule has 0 radical (unpaired) electrons. The number of benzene rings is 2. The van der Waals surface area contributed by atoms with Crippen LogP contribution in [-0.4, -0.2) is 24.9 Å². The fraction of sp³-hybridized carbons (Fsp3) is 0.200. The number of nitrogens with one attached hydrogen (secondary N) is 2. The smallest absolute Gasteiger partial charge is 0.238 e. The molecule has 28 heavy (non-hydrogen) atoms. The van der Waals surface area contributed by atoms with Crippen LogP contribution < -0.4 is 15.8 Å². The van der Waals surface area contributed by atoms with Gasteiger partial charge in [-0.15, -0.1) is 0 Å². The Morgan fingerprint density at radius 1 is 1.00 bits per heavy atom. The third-order valence-corrected chi connectivity index (χ3v) is 5.03. The summed E-state index contributed by atoms with van der Waals surface area (Å²) in [5, 5.41) is 11.6. The number of aryl methyl sites for hydroxylation is 2. The second kappa shape index (κ2) is 8.37. The van der Waals surface area contributed by atoms with Gasteiger partial charge in [-0.1, -0.05) is 18.2 Å². The molecule has 0 bridgehead atoms. The third kappa shape index (κ3) is 5.51. The van der Waals surface area contributed by atoms with Gasteiger partial charge in [0, 0.05) is 18.4 Å². The molecule has 0 unspecified atom stereocenters. The van der Waals surface area contributed by atoms with Gasteiger partial charge in [-0.25, -0.2) is 18.5 Å². The van der Waals surface area contributed by atoms with Crippen LogP contribution in [0.2, 0.25) is 0 Å². The van der Waals surface area contributed by atoms with Crippen LogP contribution in [0, 0.1) is 13.8 Å². The lowest BCUT2D eigenvalue weighted by Gasteiger charge is -2.10. The molecule has 8 heteroatoms. The SMILES string of the molecule is Cc1cc(C)cc(Nc2nccc(NCCc3ccc(S(N)(=O)=O)cc3)n2)c1. The first-order valence-electron chi connectivity index (χ1n) is 8.83. The molecule has 0 saturated heterocycles. The maximum Gasteiger partial charge on any atom is 0.238 e. The molecule has 0 aliphatic carbocycles. The Hall–Kier alpha value is -2.97. The first kappa shape index (κ1) is 19.8. The fourth-order valence-electron chi connectivity index (χ4n) is 2.87. The van der Waals surface area contributed by atoms with Gasteiger partial charge in [0.1, 0.15) is 5.82 Å². The number of anilines is 3. The second-order valence-electron chi connectivity index (χ2n) is 6.63. The van der Waals surface area contributed by atoms with Crippen molar-refractivity contribution in [2.75, 3.05) is 17.2 Å². The summed E-state index contributed by atoms with van der Waals surface area (Å²) >= 11 is 0. The first-order valence-corrected chi connectivity index (χ1v) is 10.4. The summed E-state index contributed by atoms with van der Waals surface area (Å²) in [6, 6.07) is 14.5. The van der Waals surface area contributed by atoms with Gasteiger partial charge >= 0.3 is 0 Å². The van der Waals surface area contributed by atoms with Crippen LogP contribution in [0.1, 0.15) is 16.7 Å². The van der Waals surface area contributed by atoms with Crippen LogP contribution in [-0.2, 0) is 16.4 Å². The van der Waals surface area contributed by atoms with Gasteiger partial charge in [0.05, 0.1) is 4.90 Å². The highest BCUT2D eigenvalue weighted by atomic mass is 32.2. The van der Waals surface area contributed by atoms with Crippen molar-refractivity contribution in [2.24, 2.45) is 5.14 Å². The van der Waals surface area contributed by atoms with Crippen LogP contribution in [0.25, 0.3) is 0 Å². The summed E-state index contributed by atoms with van der Waals surface area (Å²) in [7, 11) is -3.66. The van der Waals surface area contributed by atoms with Gasteiger partial charge < -0.3 is 10.6 Å². The molecule has 0 saturated carbocycles. The summed E-state index contributed by atoms with van der Waals surface area (Å²) < 4.78 is 22.6. The van der Waals surface area contributed by atoms with Crippen molar-refractivity contribution in [3.05, 3.63) is 71.4 Å². The lowest BCUT2D eigenvalue weighted by Crippen LogP contribution is -2.12. The Morgan fingerprint density at radius 3 is 2.32 bits per heavy atom. The predicted octanol–water partition coefficient (Wildman–Crippen LogP) is 3.14. The van der Waals surface area contributed by atoms with Crippen molar-refractivity contribution in [3.63, 3.8) is 0 Å². The largest absolute Gasteiger partial charge is 0.370 e. The van der Waals surface area contributed by atoms with Crippen LogP contribution >= 0.6 is 0 Å². The molecule has 146 valence electrons. The molecule has 3 rings (SSSR count). The van der Waals surface area contributed by atoms with Crippen molar-refractivity contribution in [1.29, 1.82) is 0 Å². The Kier molecular flexibility index (Phi) is 5.91. The number of nitrogens with zero attached hydrogens (tertiary/aromatic N) is 2. The molecule has 7 nitrogen and oxygen atoms in total. The van der Waals surface area contributed by atoms with E-state index in [0.29, 0.717) is 18.3 Å². The second-order valence-corrected chi connectivity index (χ2v) is 8.19. The summed E-state index contributed by atoms with van der Waals surface area (Å²) in [4.78, 5) is 8.85. The van der Waals surface area contributed by atoms with Crippen molar-refractivity contribution in [3.8, 4) is 0 Å². The van der Waals surface area contributed by atoms with Crippen molar-refractivity contribution >= 4 is 27.5 Å². The zero-order valence-corrected chi connectivity index (χ0v) is 16.6. The molecule has 0 amide bonds. The van der Waals surface area contributed by atoms with E-state index < -0.39 is 10.0 Å². The highest BCUT2D eigenvalue weighted by molar-refractivity contribution is 7.89. The summed E-state index contributed by atoms with van der Waals surface area (Å²) in [5.41, 5.74) is 4.29. The average Bonchev–Trinajstić information content (AvgIpc) is 2.61. The van der Waals surface area contributed by atoms with Crippen LogP contribution in [0.15, 0.2) is 59.6 Å². The van der Waals surface area contributed by atoms with E-state index in [9.17, 15) is 8.42 Å². The molecular formula is C20H23N5O2S. The minimum Gasteiger partial charge on any atom is -0.370 e. The van der Waals surface area contributed by atoms with Crippen LogP contribution in [0.4, 0.5) is 17.5 Å². The molecule has 0 fully saturated rings. The van der Waals surface area contributed by atoms with E-state index in [0.717, 1.165) is 17.7 Å². The Morgan fingerprint density at radius 2 is 1.68 bits per heavy atom. The van der Waals surface area contributed by atoms with Gasteiger partial charge in [0.15, 0.2) is 0 Å². The van der Waals surface area contributed by atoms with E-state index in [2.05, 4.69) is 26.7 Å². The van der Waals surface area contributed by atoms with Gasteiger partial charge in [0.2, 0.25) is 16.0 Å². The molecule has 0 spiro atoms. The maximum absolute atomic E-state index is 11.3. The topological polar surface area (TPSA) is 110 Å². The van der Waals surface area contributed by atoms with Crippen molar-refractivity contribution in [1.82, 2.24) is 9.97 Å². The van der Waals surface area contributed by atoms with Gasteiger partial charge in [-0.2, -0.15) is 4.98 Å². The summed E-state index contributed by atoms with van der Waals surface area (Å²) in [6.07, 6.45) is 2.41. The number of hydrogen-bond acceptors (Lipinski definition) is 6. The first-order chi connectivity index (χ1) is 13.3. The lowest BCUT2D eigenvalue weighted by atomic mass is 10.1. The quantitative estimate of drug-likeness (QED) is 0.565. The molecule has 0 aliphatic heterocycles. The average molecular weight is 398 g/mol. The fourth-order valence-corrected chi connectivity index (χ4v) is 3.39. The molecule has 0 aliphatic rings. The van der Waals surface area contributed by atoms with E-state index in [1.165, 1.54) is 23.3 Å². The van der Waals surface area contributed by atoms with E-state index in [1.54, 1.807) is 24.4 Å². The Balaban J connectivity index is 1.59. The Bertz CT molecular complexity index is 1050. The molecule has 1 heterocycles. The number of primary sulfonamides is 1. The highest BCUT2D eigenvalue weighted by Crippen LogP contribution is 2.18. The summed E-state index contributed by atoms with van der Waals surface area (Å²) in [5.74, 6) is 1.23. The van der Waals surface area contributed by atoms with Crippen molar-refractivity contribution in [2.45, 2.75) is 25.2 Å². The van der Waals surface area contributed by atoms with Gasteiger partial charge in [-0.05, 0) is 67.3 Å². The van der Waals surface area contributed by atoms with E-state index in [4.69, 9.17) is 5.14 Å². The van der Waals surface area contributed by atoms with Crippen LogP contribution in [0.3, 0.4) is 0 Å². The minimum atomic E-state index is -3.66. The zero-order valence-electron chi connectivity index (χ0n) is 15.8. The standard InChI is InChI=1S/C20H23N5O2S/c1-14-11-15(2)13-17(12-14)24-20-23-10-8-19(25-20)22-9-7-16-3-5-18(6-4-16)28(21,26)27/h3-6,8,10-13H,7,9H2,1-2H3,(H2,21,26,27)(H2,22,23,24,25). The molecule has 3 aromatic rings. The molecule has 4 N–H and O–H groups in total. The molecule has 2 aromatic carbocycles. The zero-order chi connectivity index (χ0) is 20.1. The predicted molar refractivity (Wildman–Crippen MR) is 111 cm³/mol. The van der Waals surface area contributed by atoms with E-state index in [-0.39, 0.29) is 4.90 Å². The number of hydrogen-bond donors (Lipinski definition) is 3. The molecular weight excluding hydrogens is 374 g/mol. The molecule has 1 aromatic heterocycles. The highest BCUT2D eigenvalue weighted by Gasteiger charge is 2.07. The Labute approximate surface area is 165 Å². The summed E-state index contributed by atoms with van der Waals surface area (Å²) in [6.45, 7) is 4.74. The number of rotatable bonds is 7. The minimum absolute atomic E-state index is 0.113. The van der Waals surface area contributed by atoms with E-state index >= 15 is 0 Å².